The van der Waals surface area contributed by atoms with Gasteiger partial charge in [0.15, 0.2) is 9.84 Å². The van der Waals surface area contributed by atoms with Crippen LogP contribution in [0.15, 0.2) is 35.5 Å². The number of allylic oxidation sites excluding steroid dienone is 5. The molecule has 2 N–H and O–H groups in total. The molecule has 0 radical (unpaired) electrons. The predicted octanol–water partition coefficient (Wildman–Crippen LogP) is 8.20. The van der Waals surface area contributed by atoms with E-state index in [1.165, 1.54) is 68.1 Å². The minimum absolute atomic E-state index is 0.0924. The van der Waals surface area contributed by atoms with Crippen molar-refractivity contribution in [1.82, 2.24) is 10.2 Å². The van der Waals surface area contributed by atoms with Gasteiger partial charge in [0.2, 0.25) is 0 Å². The lowest BCUT2D eigenvalue weighted by atomic mass is 9.33. The summed E-state index contributed by atoms with van der Waals surface area (Å²) in [5, 5.41) is 13.7. The Morgan fingerprint density at radius 3 is 2.40 bits per heavy atom. The molecule has 8 aliphatic rings. The van der Waals surface area contributed by atoms with Crippen molar-refractivity contribution >= 4 is 15.8 Å². The largest absolute Gasteiger partial charge is 0.481 e. The van der Waals surface area contributed by atoms with E-state index < -0.39 is 15.8 Å². The van der Waals surface area contributed by atoms with E-state index in [1.54, 1.807) is 0 Å². The third kappa shape index (κ3) is 4.96. The van der Waals surface area contributed by atoms with E-state index in [4.69, 9.17) is 0 Å². The lowest BCUT2D eigenvalue weighted by molar-refractivity contribution is -0.221. The number of nitrogens with one attached hydrogen (secondary N) is 1. The van der Waals surface area contributed by atoms with Gasteiger partial charge in [-0.1, -0.05) is 58.9 Å². The number of sulfone groups is 1. The summed E-state index contributed by atoms with van der Waals surface area (Å²) in [6.45, 7) is 22.7. The fraction of sp³-hybridized carbons (Fsp3) is 0.837. The van der Waals surface area contributed by atoms with Crippen LogP contribution in [0.3, 0.4) is 0 Å². The molecular formula is C43H66N2O4S. The van der Waals surface area contributed by atoms with Crippen LogP contribution in [0.2, 0.25) is 0 Å². The highest BCUT2D eigenvalue weighted by atomic mass is 32.2. The molecule has 2 bridgehead atoms. The van der Waals surface area contributed by atoms with Gasteiger partial charge in [0.25, 0.3) is 0 Å². The molecule has 278 valence electrons. The molecular weight excluding hydrogens is 641 g/mol. The fourth-order valence-electron chi connectivity index (χ4n) is 15.4. The van der Waals surface area contributed by atoms with Crippen molar-refractivity contribution in [2.24, 2.45) is 57.2 Å². The Balaban J connectivity index is 1.04. The van der Waals surface area contributed by atoms with Gasteiger partial charge >= 0.3 is 5.97 Å². The molecule has 6 aliphatic carbocycles. The summed E-state index contributed by atoms with van der Waals surface area (Å²) in [5.41, 5.74) is 5.47. The van der Waals surface area contributed by atoms with Crippen LogP contribution in [0, 0.1) is 57.2 Å². The molecule has 7 heteroatoms. The van der Waals surface area contributed by atoms with Crippen LogP contribution in [0.25, 0.3) is 0 Å². The second kappa shape index (κ2) is 11.8. The van der Waals surface area contributed by atoms with E-state index in [0.29, 0.717) is 52.6 Å². The van der Waals surface area contributed by atoms with Crippen molar-refractivity contribution in [3.8, 4) is 0 Å². The molecule has 6 nitrogen and oxygen atoms in total. The average Bonchev–Trinajstić information content (AvgIpc) is 3.72. The zero-order valence-corrected chi connectivity index (χ0v) is 32.8. The van der Waals surface area contributed by atoms with Crippen LogP contribution in [-0.2, 0) is 14.6 Å². The van der Waals surface area contributed by atoms with Gasteiger partial charge in [-0.15, -0.1) is 0 Å². The number of fused-ring (bicyclic) bond motifs is 9. The van der Waals surface area contributed by atoms with Crippen molar-refractivity contribution in [2.45, 2.75) is 142 Å². The number of hydrogen-bond acceptors (Lipinski definition) is 5. The maximum absolute atomic E-state index is 12.4. The van der Waals surface area contributed by atoms with E-state index in [-0.39, 0.29) is 33.6 Å². The molecule has 12 atom stereocenters. The third-order valence-electron chi connectivity index (χ3n) is 18.0. The van der Waals surface area contributed by atoms with E-state index in [9.17, 15) is 18.3 Å². The summed E-state index contributed by atoms with van der Waals surface area (Å²) < 4.78 is 24.8. The zero-order valence-electron chi connectivity index (χ0n) is 32.0. The molecule has 8 rings (SSSR count). The number of rotatable bonds is 7. The van der Waals surface area contributed by atoms with Crippen molar-refractivity contribution in [3.63, 3.8) is 0 Å². The summed E-state index contributed by atoms with van der Waals surface area (Å²) in [4.78, 5) is 14.2. The summed E-state index contributed by atoms with van der Waals surface area (Å²) >= 11 is 0. The van der Waals surface area contributed by atoms with Crippen LogP contribution in [0.1, 0.15) is 125 Å². The van der Waals surface area contributed by atoms with Gasteiger partial charge in [-0.05, 0) is 153 Å². The highest BCUT2D eigenvalue weighted by Gasteiger charge is 2.70. The van der Waals surface area contributed by atoms with Gasteiger partial charge in [-0.3, -0.25) is 9.69 Å². The molecule has 2 heterocycles. The van der Waals surface area contributed by atoms with Gasteiger partial charge in [-0.25, -0.2) is 8.42 Å². The molecule has 0 unspecified atom stereocenters. The Hall–Kier alpha value is -1.44. The number of carboxylic acids is 1. The van der Waals surface area contributed by atoms with Crippen LogP contribution in [-0.4, -0.2) is 66.6 Å². The van der Waals surface area contributed by atoms with Gasteiger partial charge < -0.3 is 10.4 Å². The Bertz CT molecular complexity index is 1610. The zero-order chi connectivity index (χ0) is 35.6. The smallest absolute Gasteiger partial charge is 0.306 e. The molecule has 4 saturated carbocycles. The Kier molecular flexibility index (Phi) is 8.38. The summed E-state index contributed by atoms with van der Waals surface area (Å²) in [7, 11) is -2.86. The molecule has 2 saturated heterocycles. The number of aliphatic carboxylic acids is 1. The number of carbonyl (C=O) groups is 1. The minimum atomic E-state index is -2.86. The summed E-state index contributed by atoms with van der Waals surface area (Å²) in [6.07, 6.45) is 19.5. The highest BCUT2D eigenvalue weighted by Crippen LogP contribution is 2.76. The molecule has 6 fully saturated rings. The number of hydrogen-bond donors (Lipinski definition) is 2. The Morgan fingerprint density at radius 1 is 0.980 bits per heavy atom. The van der Waals surface area contributed by atoms with E-state index in [1.807, 2.05) is 0 Å². The van der Waals surface area contributed by atoms with Crippen LogP contribution in [0.4, 0.5) is 0 Å². The standard InChI is InChI=1S/C43H66N2O4S/c1-27(2)32-14-19-43(44-22-23-45-25-31-24-30(45)26-50(31,48)49)21-20-41(6)34(37(32)43)12-13-36-40(5)17-15-33(28-8-10-29(11-9-28)38(46)47)39(3,4)35(40)16-18-42(36,41)7/h8,15,29-32,34-37,44H,1,9-14,16-26H2,2-7H3,(H,46,47)/t29-,30+,31-,32-,34+,35-,36+,37+,40-,41+,42+,43-/m0/s1. The van der Waals surface area contributed by atoms with E-state index in [2.05, 4.69) is 70.5 Å². The van der Waals surface area contributed by atoms with E-state index >= 15 is 0 Å². The lowest BCUT2D eigenvalue weighted by Crippen LogP contribution is -2.68. The van der Waals surface area contributed by atoms with Crippen LogP contribution in [0.5, 0.6) is 0 Å². The van der Waals surface area contributed by atoms with Crippen LogP contribution < -0.4 is 5.32 Å². The minimum Gasteiger partial charge on any atom is -0.481 e. The number of nitrogens with zero attached hydrogens (tertiary/aromatic N) is 1. The maximum atomic E-state index is 12.4. The topological polar surface area (TPSA) is 86.7 Å². The molecule has 50 heavy (non-hydrogen) atoms. The van der Waals surface area contributed by atoms with Crippen LogP contribution >= 0.6 is 0 Å². The van der Waals surface area contributed by atoms with Gasteiger partial charge in [0.05, 0.1) is 16.9 Å². The van der Waals surface area contributed by atoms with Gasteiger partial charge in [0, 0.05) is 31.2 Å². The van der Waals surface area contributed by atoms with Gasteiger partial charge in [-0.2, -0.15) is 0 Å². The Labute approximate surface area is 303 Å². The molecule has 0 aromatic rings. The van der Waals surface area contributed by atoms with Crippen molar-refractivity contribution in [3.05, 3.63) is 35.5 Å². The van der Waals surface area contributed by atoms with Gasteiger partial charge in [0.1, 0.15) is 0 Å². The SMILES string of the molecule is C=C(C)[C@@H]1CC[C@]2(NCCN3C[C@@H]4C[C@@H]3CS4(=O)=O)CC[C@]3(C)[C@H](CC[C@@H]4[C@@]5(C)CC=C(C6=CC[C@H](C(=O)O)CC6)C(C)(C)[C@@H]5CC[C@]43C)[C@@H]12. The molecule has 0 aromatic carbocycles. The average molecular weight is 707 g/mol. The molecule has 0 spiro atoms. The fourth-order valence-corrected chi connectivity index (χ4v) is 17.5. The highest BCUT2D eigenvalue weighted by molar-refractivity contribution is 7.92. The first-order valence-corrected chi connectivity index (χ1v) is 22.2. The second-order valence-corrected chi connectivity index (χ2v) is 22.5. The second-order valence-electron chi connectivity index (χ2n) is 20.2. The third-order valence-corrected chi connectivity index (χ3v) is 20.3. The summed E-state index contributed by atoms with van der Waals surface area (Å²) in [6, 6.07) is 0.229. The first kappa shape index (κ1) is 35.6. The van der Waals surface area contributed by atoms with Crippen molar-refractivity contribution < 1.29 is 18.3 Å². The number of carboxylic acid groups (broad SMARTS) is 1. The van der Waals surface area contributed by atoms with E-state index in [0.717, 1.165) is 45.3 Å². The molecule has 0 aromatic heterocycles. The predicted molar refractivity (Wildman–Crippen MR) is 201 cm³/mol. The van der Waals surface area contributed by atoms with Crippen molar-refractivity contribution in [2.75, 3.05) is 25.4 Å². The summed E-state index contributed by atoms with van der Waals surface area (Å²) in [5.74, 6) is 2.74. The Morgan fingerprint density at radius 2 is 1.76 bits per heavy atom. The monoisotopic (exact) mass is 706 g/mol. The maximum Gasteiger partial charge on any atom is 0.306 e. The normalized spacial score (nSPS) is 48.8. The first-order valence-electron chi connectivity index (χ1n) is 20.5. The number of likely N-dealkylation sites (tertiary alicyclic amines) is 1. The molecule has 0 amide bonds. The molecule has 2 aliphatic heterocycles. The lowest BCUT2D eigenvalue weighted by Gasteiger charge is -2.72. The van der Waals surface area contributed by atoms with Crippen molar-refractivity contribution in [1.29, 1.82) is 0 Å². The quantitative estimate of drug-likeness (QED) is 0.260. The first-order chi connectivity index (χ1) is 23.5.